The Bertz CT molecular complexity index is 1060. The number of hydrogen-bond acceptors (Lipinski definition) is 7. The molecule has 1 aromatic carbocycles. The largest absolute Gasteiger partial charge is 0.444 e. The lowest BCUT2D eigenvalue weighted by atomic mass is 9.94. The normalized spacial score (nSPS) is 12.4. The molecule has 0 bridgehead atoms. The number of thiazole rings is 1. The van der Waals surface area contributed by atoms with Crippen molar-refractivity contribution < 1.29 is 14.0 Å². The zero-order chi connectivity index (χ0) is 21.9. The van der Waals surface area contributed by atoms with Crippen molar-refractivity contribution in [3.63, 3.8) is 0 Å². The van der Waals surface area contributed by atoms with Gasteiger partial charge >= 0.3 is 0 Å². The van der Waals surface area contributed by atoms with Crippen molar-refractivity contribution in [2.24, 2.45) is 0 Å². The first-order valence-corrected chi connectivity index (χ1v) is 11.0. The van der Waals surface area contributed by atoms with Crippen LogP contribution >= 0.6 is 23.1 Å². The van der Waals surface area contributed by atoms with Gasteiger partial charge in [-0.15, -0.1) is 17.9 Å². The third-order valence-corrected chi connectivity index (χ3v) is 6.63. The third kappa shape index (κ3) is 5.06. The molecule has 0 aliphatic heterocycles. The van der Waals surface area contributed by atoms with Gasteiger partial charge in [0.15, 0.2) is 5.82 Å². The van der Waals surface area contributed by atoms with Crippen LogP contribution in [0.2, 0.25) is 0 Å². The fraction of sp³-hybridized carbons (Fsp3) is 0.273. The molecule has 0 spiro atoms. The van der Waals surface area contributed by atoms with E-state index < -0.39 is 0 Å². The van der Waals surface area contributed by atoms with Crippen molar-refractivity contribution in [2.45, 2.75) is 42.6 Å². The van der Waals surface area contributed by atoms with Crippen LogP contribution in [0, 0.1) is 0 Å². The van der Waals surface area contributed by atoms with E-state index in [0.717, 1.165) is 26.8 Å². The Labute approximate surface area is 183 Å². The van der Waals surface area contributed by atoms with E-state index >= 15 is 0 Å². The van der Waals surface area contributed by atoms with E-state index in [1.807, 2.05) is 12.1 Å². The highest BCUT2D eigenvalue weighted by Gasteiger charge is 2.25. The molecule has 0 aliphatic carbocycles. The number of carbonyl (C=O) groups excluding carboxylic acids is 2. The molecule has 3 rings (SSSR count). The first-order valence-electron chi connectivity index (χ1n) is 9.30. The summed E-state index contributed by atoms with van der Waals surface area (Å²) >= 11 is 2.92. The van der Waals surface area contributed by atoms with Gasteiger partial charge in [0.25, 0.3) is 0 Å². The van der Waals surface area contributed by atoms with Crippen LogP contribution in [0.25, 0.3) is 10.6 Å². The van der Waals surface area contributed by atoms with Gasteiger partial charge in [0.05, 0.1) is 6.20 Å². The Morgan fingerprint density at radius 2 is 2.00 bits per heavy atom. The van der Waals surface area contributed by atoms with Crippen LogP contribution in [-0.2, 0) is 10.2 Å². The highest BCUT2D eigenvalue weighted by molar-refractivity contribution is 8.01. The summed E-state index contributed by atoms with van der Waals surface area (Å²) in [5.74, 6) is 1.64. The second-order valence-corrected chi connectivity index (χ2v) is 10.1. The zero-order valence-corrected chi connectivity index (χ0v) is 18.9. The molecule has 0 aliphatic rings. The lowest BCUT2D eigenvalue weighted by molar-refractivity contribution is -0.114. The van der Waals surface area contributed by atoms with E-state index in [4.69, 9.17) is 4.42 Å². The van der Waals surface area contributed by atoms with E-state index in [-0.39, 0.29) is 16.6 Å². The first-order chi connectivity index (χ1) is 14.2. The molecule has 0 fully saturated rings. The second-order valence-electron chi connectivity index (χ2n) is 7.66. The molecule has 1 N–H and O–H groups in total. The van der Waals surface area contributed by atoms with Crippen LogP contribution in [0.15, 0.2) is 51.7 Å². The molecule has 30 heavy (non-hydrogen) atoms. The van der Waals surface area contributed by atoms with Gasteiger partial charge in [-0.25, -0.2) is 9.97 Å². The smallest absolute Gasteiger partial charge is 0.222 e. The van der Waals surface area contributed by atoms with E-state index in [0.29, 0.717) is 17.3 Å². The average molecular weight is 442 g/mol. The number of amides is 1. The highest BCUT2D eigenvalue weighted by atomic mass is 32.2. The van der Waals surface area contributed by atoms with Crippen LogP contribution in [0.4, 0.5) is 5.82 Å². The summed E-state index contributed by atoms with van der Waals surface area (Å²) in [6, 6.07) is 7.15. The molecule has 6 nitrogen and oxygen atoms in total. The maximum atomic E-state index is 11.7. The standard InChI is InChI=1S/C22H23N3O3S2/c1-6-16(19-23-11-17(28-19)22(3,4)5)29-21-18(24-13(2)27)25-20(30-21)15-9-7-14(12-26)8-10-15/h6-12,16H,1H2,2-5H3,(H,24,27). The maximum Gasteiger partial charge on any atom is 0.222 e. The fourth-order valence-corrected chi connectivity index (χ4v) is 4.79. The van der Waals surface area contributed by atoms with Gasteiger partial charge in [0, 0.05) is 23.5 Å². The summed E-state index contributed by atoms with van der Waals surface area (Å²) in [4.78, 5) is 31.6. The third-order valence-electron chi connectivity index (χ3n) is 4.14. The van der Waals surface area contributed by atoms with Gasteiger partial charge < -0.3 is 9.73 Å². The second kappa shape index (κ2) is 8.97. The maximum absolute atomic E-state index is 11.7. The van der Waals surface area contributed by atoms with Crippen molar-refractivity contribution >= 4 is 41.1 Å². The van der Waals surface area contributed by atoms with Crippen LogP contribution < -0.4 is 5.32 Å². The summed E-state index contributed by atoms with van der Waals surface area (Å²) in [5, 5.41) is 3.30. The van der Waals surface area contributed by atoms with E-state index in [9.17, 15) is 9.59 Å². The van der Waals surface area contributed by atoms with Crippen molar-refractivity contribution in [3.8, 4) is 10.6 Å². The molecule has 0 radical (unpaired) electrons. The molecule has 1 unspecified atom stereocenters. The van der Waals surface area contributed by atoms with E-state index in [2.05, 4.69) is 42.6 Å². The minimum Gasteiger partial charge on any atom is -0.444 e. The molecular formula is C22H23N3O3S2. The Hall–Kier alpha value is -2.71. The molecule has 2 heterocycles. The molecule has 1 atom stereocenters. The predicted molar refractivity (Wildman–Crippen MR) is 121 cm³/mol. The van der Waals surface area contributed by atoms with Crippen molar-refractivity contribution in [3.05, 3.63) is 60.3 Å². The number of benzene rings is 1. The van der Waals surface area contributed by atoms with Gasteiger partial charge in [0.2, 0.25) is 11.8 Å². The van der Waals surface area contributed by atoms with Gasteiger partial charge in [0.1, 0.15) is 26.5 Å². The number of rotatable bonds is 7. The SMILES string of the molecule is C=CC(Sc1sc(-c2ccc(C=O)cc2)nc1NC(C)=O)c1ncc(C(C)(C)C)o1. The molecule has 1 amide bonds. The van der Waals surface area contributed by atoms with Gasteiger partial charge in [-0.2, -0.15) is 0 Å². The van der Waals surface area contributed by atoms with Gasteiger partial charge in [-0.1, -0.05) is 62.9 Å². The number of nitrogens with zero attached hydrogens (tertiary/aromatic N) is 2. The van der Waals surface area contributed by atoms with Crippen LogP contribution in [-0.4, -0.2) is 22.2 Å². The monoisotopic (exact) mass is 441 g/mol. The zero-order valence-electron chi connectivity index (χ0n) is 17.3. The number of oxazole rings is 1. The van der Waals surface area contributed by atoms with Crippen LogP contribution in [0.5, 0.6) is 0 Å². The molecule has 2 aromatic heterocycles. The number of anilines is 1. The Morgan fingerprint density at radius 1 is 1.30 bits per heavy atom. The van der Waals surface area contributed by atoms with Gasteiger partial charge in [-0.05, 0) is 0 Å². The lowest BCUT2D eigenvalue weighted by Gasteiger charge is -2.14. The summed E-state index contributed by atoms with van der Waals surface area (Å²) < 4.78 is 6.79. The average Bonchev–Trinajstić information content (AvgIpc) is 3.33. The number of nitrogens with one attached hydrogen (secondary N) is 1. The van der Waals surface area contributed by atoms with Crippen molar-refractivity contribution in [2.75, 3.05) is 5.32 Å². The van der Waals surface area contributed by atoms with E-state index in [1.165, 1.54) is 30.0 Å². The number of thioether (sulfide) groups is 1. The fourth-order valence-electron chi connectivity index (χ4n) is 2.54. The van der Waals surface area contributed by atoms with Gasteiger partial charge in [-0.3, -0.25) is 9.59 Å². The first kappa shape index (κ1) is 22.0. The number of aldehydes is 1. The molecule has 0 saturated heterocycles. The summed E-state index contributed by atoms with van der Waals surface area (Å²) in [7, 11) is 0. The molecular weight excluding hydrogens is 418 g/mol. The number of aromatic nitrogens is 2. The Kier molecular flexibility index (Phi) is 6.58. The summed E-state index contributed by atoms with van der Waals surface area (Å²) in [5.41, 5.74) is 1.32. The molecule has 156 valence electrons. The van der Waals surface area contributed by atoms with Crippen LogP contribution in [0.1, 0.15) is 55.0 Å². The minimum atomic E-state index is -0.237. The predicted octanol–water partition coefficient (Wildman–Crippen LogP) is 5.89. The summed E-state index contributed by atoms with van der Waals surface area (Å²) in [6.45, 7) is 11.6. The quantitative estimate of drug-likeness (QED) is 0.280. The minimum absolute atomic E-state index is 0.145. The Balaban J connectivity index is 1.93. The van der Waals surface area contributed by atoms with Crippen molar-refractivity contribution in [1.82, 2.24) is 9.97 Å². The van der Waals surface area contributed by atoms with Crippen molar-refractivity contribution in [1.29, 1.82) is 0 Å². The summed E-state index contributed by atoms with van der Waals surface area (Å²) in [6.07, 6.45) is 4.30. The Morgan fingerprint density at radius 3 is 2.53 bits per heavy atom. The highest BCUT2D eigenvalue weighted by Crippen LogP contribution is 2.45. The van der Waals surface area contributed by atoms with Crippen LogP contribution in [0.3, 0.4) is 0 Å². The van der Waals surface area contributed by atoms with E-state index in [1.54, 1.807) is 24.4 Å². The number of carbonyl (C=O) groups is 2. The molecule has 0 saturated carbocycles. The topological polar surface area (TPSA) is 85.1 Å². The number of hydrogen-bond donors (Lipinski definition) is 1. The lowest BCUT2D eigenvalue weighted by Crippen LogP contribution is -2.09. The molecule has 3 aromatic rings. The molecule has 8 heteroatoms.